The van der Waals surface area contributed by atoms with Crippen molar-refractivity contribution < 1.29 is 0 Å². The summed E-state index contributed by atoms with van der Waals surface area (Å²) in [6, 6.07) is 6.72. The second-order valence-electron chi connectivity index (χ2n) is 5.40. The SMILES string of the molecule is Cc1nc(CNc2ccc(N3CCCC3)cc2C)cs1. The number of aryl methyl sites for hydroxylation is 2. The first kappa shape index (κ1) is 13.4. The molecule has 1 aliphatic heterocycles. The predicted molar refractivity (Wildman–Crippen MR) is 86.8 cm³/mol. The van der Waals surface area contributed by atoms with Crippen LogP contribution in [0.3, 0.4) is 0 Å². The van der Waals surface area contributed by atoms with Crippen LogP contribution in [0.4, 0.5) is 11.4 Å². The average molecular weight is 287 g/mol. The van der Waals surface area contributed by atoms with Gasteiger partial charge < -0.3 is 10.2 Å². The molecule has 0 unspecified atom stereocenters. The van der Waals surface area contributed by atoms with E-state index in [-0.39, 0.29) is 0 Å². The van der Waals surface area contributed by atoms with Gasteiger partial charge in [-0.1, -0.05) is 0 Å². The van der Waals surface area contributed by atoms with Crippen molar-refractivity contribution >= 4 is 22.7 Å². The first-order valence-corrected chi connectivity index (χ1v) is 8.11. The third-order valence-corrected chi connectivity index (χ3v) is 4.63. The zero-order chi connectivity index (χ0) is 13.9. The Morgan fingerprint density at radius 1 is 1.25 bits per heavy atom. The molecule has 4 heteroatoms. The van der Waals surface area contributed by atoms with E-state index in [0.717, 1.165) is 17.2 Å². The largest absolute Gasteiger partial charge is 0.379 e. The number of hydrogen-bond acceptors (Lipinski definition) is 4. The predicted octanol–water partition coefficient (Wildman–Crippen LogP) is 3.97. The van der Waals surface area contributed by atoms with Crippen molar-refractivity contribution in [2.45, 2.75) is 33.2 Å². The molecule has 0 bridgehead atoms. The summed E-state index contributed by atoms with van der Waals surface area (Å²) in [7, 11) is 0. The van der Waals surface area contributed by atoms with Gasteiger partial charge >= 0.3 is 0 Å². The maximum atomic E-state index is 4.48. The van der Waals surface area contributed by atoms with Crippen molar-refractivity contribution in [3.63, 3.8) is 0 Å². The zero-order valence-corrected chi connectivity index (χ0v) is 13.0. The van der Waals surface area contributed by atoms with Gasteiger partial charge in [-0.2, -0.15) is 0 Å². The number of anilines is 2. The molecule has 106 valence electrons. The van der Waals surface area contributed by atoms with Crippen molar-refractivity contribution in [3.8, 4) is 0 Å². The lowest BCUT2D eigenvalue weighted by atomic mass is 10.1. The number of benzene rings is 1. The molecule has 1 aliphatic rings. The van der Waals surface area contributed by atoms with Gasteiger partial charge in [0.15, 0.2) is 0 Å². The summed E-state index contributed by atoms with van der Waals surface area (Å²) < 4.78 is 0. The molecule has 1 fully saturated rings. The highest BCUT2D eigenvalue weighted by Crippen LogP contribution is 2.25. The maximum absolute atomic E-state index is 4.48. The molecule has 0 saturated carbocycles. The number of rotatable bonds is 4. The van der Waals surface area contributed by atoms with Crippen molar-refractivity contribution in [3.05, 3.63) is 39.8 Å². The highest BCUT2D eigenvalue weighted by Gasteiger charge is 2.12. The number of thiazole rings is 1. The summed E-state index contributed by atoms with van der Waals surface area (Å²) in [6.07, 6.45) is 2.64. The monoisotopic (exact) mass is 287 g/mol. The van der Waals surface area contributed by atoms with Crippen LogP contribution >= 0.6 is 11.3 Å². The molecule has 1 aromatic heterocycles. The van der Waals surface area contributed by atoms with Crippen molar-refractivity contribution in [1.29, 1.82) is 0 Å². The quantitative estimate of drug-likeness (QED) is 0.922. The Kier molecular flexibility index (Phi) is 3.92. The van der Waals surface area contributed by atoms with E-state index in [1.807, 2.05) is 6.92 Å². The van der Waals surface area contributed by atoms with Crippen molar-refractivity contribution in [2.24, 2.45) is 0 Å². The van der Waals surface area contributed by atoms with E-state index in [9.17, 15) is 0 Å². The average Bonchev–Trinajstić information content (AvgIpc) is 3.08. The van der Waals surface area contributed by atoms with Gasteiger partial charge in [0.25, 0.3) is 0 Å². The highest BCUT2D eigenvalue weighted by atomic mass is 32.1. The van der Waals surface area contributed by atoms with Gasteiger partial charge in [0.2, 0.25) is 0 Å². The standard InChI is InChI=1S/C16H21N3S/c1-12-9-15(19-7-3-4-8-19)5-6-16(12)17-10-14-11-20-13(2)18-14/h5-6,9,11,17H,3-4,7-8,10H2,1-2H3. The van der Waals surface area contributed by atoms with Gasteiger partial charge in [-0.3, -0.25) is 0 Å². The number of hydrogen-bond donors (Lipinski definition) is 1. The second kappa shape index (κ2) is 5.83. The molecular weight excluding hydrogens is 266 g/mol. The molecule has 0 spiro atoms. The van der Waals surface area contributed by atoms with Gasteiger partial charge in [0, 0.05) is 29.8 Å². The normalized spacial score (nSPS) is 14.8. The van der Waals surface area contributed by atoms with Gasteiger partial charge in [-0.15, -0.1) is 11.3 Å². The van der Waals surface area contributed by atoms with Crippen LogP contribution < -0.4 is 10.2 Å². The number of nitrogens with zero attached hydrogens (tertiary/aromatic N) is 2. The van der Waals surface area contributed by atoms with Crippen LogP contribution in [0.1, 0.15) is 29.1 Å². The lowest BCUT2D eigenvalue weighted by Crippen LogP contribution is -2.17. The van der Waals surface area contributed by atoms with Gasteiger partial charge in [-0.05, 0) is 50.5 Å². The Morgan fingerprint density at radius 2 is 2.05 bits per heavy atom. The third-order valence-electron chi connectivity index (χ3n) is 3.81. The molecule has 3 rings (SSSR count). The molecule has 3 nitrogen and oxygen atoms in total. The summed E-state index contributed by atoms with van der Waals surface area (Å²) in [6.45, 7) is 7.42. The molecule has 1 N–H and O–H groups in total. The van der Waals surface area contributed by atoms with Crippen LogP contribution in [0, 0.1) is 13.8 Å². The Bertz CT molecular complexity index is 585. The van der Waals surface area contributed by atoms with Crippen LogP contribution in [0.25, 0.3) is 0 Å². The van der Waals surface area contributed by atoms with Crippen molar-refractivity contribution in [1.82, 2.24) is 4.98 Å². The topological polar surface area (TPSA) is 28.2 Å². The third kappa shape index (κ3) is 2.96. The molecule has 20 heavy (non-hydrogen) atoms. The van der Waals surface area contributed by atoms with E-state index < -0.39 is 0 Å². The van der Waals surface area contributed by atoms with Crippen LogP contribution in [0.15, 0.2) is 23.6 Å². The fourth-order valence-electron chi connectivity index (χ4n) is 2.69. The minimum absolute atomic E-state index is 0.800. The number of nitrogens with one attached hydrogen (secondary N) is 1. The molecule has 0 aliphatic carbocycles. The molecule has 2 aromatic rings. The Labute approximate surface area is 124 Å². The summed E-state index contributed by atoms with van der Waals surface area (Å²) in [5, 5.41) is 6.73. The van der Waals surface area contributed by atoms with E-state index in [0.29, 0.717) is 0 Å². The van der Waals surface area contributed by atoms with E-state index in [4.69, 9.17) is 0 Å². The molecule has 0 atom stereocenters. The second-order valence-corrected chi connectivity index (χ2v) is 6.47. The van der Waals surface area contributed by atoms with Crippen LogP contribution in [0.2, 0.25) is 0 Å². The fourth-order valence-corrected chi connectivity index (χ4v) is 3.31. The maximum Gasteiger partial charge on any atom is 0.0898 e. The first-order valence-electron chi connectivity index (χ1n) is 7.23. The molecule has 2 heterocycles. The lowest BCUT2D eigenvalue weighted by molar-refractivity contribution is 0.949. The highest BCUT2D eigenvalue weighted by molar-refractivity contribution is 7.09. The van der Waals surface area contributed by atoms with Crippen LogP contribution in [-0.4, -0.2) is 18.1 Å². The molecule has 1 saturated heterocycles. The zero-order valence-electron chi connectivity index (χ0n) is 12.1. The molecule has 0 amide bonds. The van der Waals surface area contributed by atoms with Crippen LogP contribution in [0.5, 0.6) is 0 Å². The molecule has 1 aromatic carbocycles. The van der Waals surface area contributed by atoms with Gasteiger partial charge in [0.05, 0.1) is 17.2 Å². The summed E-state index contributed by atoms with van der Waals surface area (Å²) in [4.78, 5) is 6.96. The lowest BCUT2D eigenvalue weighted by Gasteiger charge is -2.19. The molecule has 0 radical (unpaired) electrons. The van der Waals surface area contributed by atoms with Crippen molar-refractivity contribution in [2.75, 3.05) is 23.3 Å². The summed E-state index contributed by atoms with van der Waals surface area (Å²) >= 11 is 1.71. The Balaban J connectivity index is 1.67. The van der Waals surface area contributed by atoms with Crippen LogP contribution in [-0.2, 0) is 6.54 Å². The van der Waals surface area contributed by atoms with E-state index in [2.05, 4.69) is 45.7 Å². The minimum atomic E-state index is 0.800. The fraction of sp³-hybridized carbons (Fsp3) is 0.438. The Hall–Kier alpha value is -1.55. The molecular formula is C16H21N3S. The van der Waals surface area contributed by atoms with Gasteiger partial charge in [-0.25, -0.2) is 4.98 Å². The van der Waals surface area contributed by atoms with E-state index >= 15 is 0 Å². The van der Waals surface area contributed by atoms with E-state index in [1.54, 1.807) is 11.3 Å². The van der Waals surface area contributed by atoms with E-state index in [1.165, 1.54) is 42.9 Å². The Morgan fingerprint density at radius 3 is 2.70 bits per heavy atom. The summed E-state index contributed by atoms with van der Waals surface area (Å²) in [5.41, 5.74) is 4.99. The number of aromatic nitrogens is 1. The first-order chi connectivity index (χ1) is 9.72. The summed E-state index contributed by atoms with van der Waals surface area (Å²) in [5.74, 6) is 0. The minimum Gasteiger partial charge on any atom is -0.379 e. The smallest absolute Gasteiger partial charge is 0.0898 e. The van der Waals surface area contributed by atoms with Gasteiger partial charge in [0.1, 0.15) is 0 Å².